The van der Waals surface area contributed by atoms with Crippen molar-refractivity contribution < 1.29 is 13.2 Å². The van der Waals surface area contributed by atoms with E-state index in [-0.39, 0.29) is 22.8 Å². The zero-order valence-electron chi connectivity index (χ0n) is 11.7. The van der Waals surface area contributed by atoms with E-state index in [1.54, 1.807) is 13.0 Å². The summed E-state index contributed by atoms with van der Waals surface area (Å²) in [4.78, 5) is 12.2. The van der Waals surface area contributed by atoms with Gasteiger partial charge in [0.05, 0.1) is 4.90 Å². The van der Waals surface area contributed by atoms with Gasteiger partial charge >= 0.3 is 0 Å². The second kappa shape index (κ2) is 6.45. The van der Waals surface area contributed by atoms with Crippen LogP contribution in [0.5, 0.6) is 0 Å². The fourth-order valence-corrected chi connectivity index (χ4v) is 3.43. The molecule has 112 valence electrons. The lowest BCUT2D eigenvalue weighted by molar-refractivity contribution is 0.0929. The van der Waals surface area contributed by atoms with Crippen molar-refractivity contribution in [2.45, 2.75) is 38.6 Å². The molecule has 0 saturated heterocycles. The van der Waals surface area contributed by atoms with E-state index in [1.807, 2.05) is 20.8 Å². The number of benzene rings is 1. The molecule has 0 radical (unpaired) electrons. The lowest BCUT2D eigenvalue weighted by Crippen LogP contribution is -2.36. The van der Waals surface area contributed by atoms with Crippen molar-refractivity contribution in [1.82, 2.24) is 5.32 Å². The molecule has 0 bridgehead atoms. The van der Waals surface area contributed by atoms with E-state index in [2.05, 4.69) is 21.2 Å². The third-order valence-electron chi connectivity index (χ3n) is 3.19. The minimum Gasteiger partial charge on any atom is -0.349 e. The summed E-state index contributed by atoms with van der Waals surface area (Å²) in [5.74, 6) is -0.0331. The van der Waals surface area contributed by atoms with Crippen molar-refractivity contribution in [3.8, 4) is 0 Å². The van der Waals surface area contributed by atoms with Crippen LogP contribution in [0.25, 0.3) is 0 Å². The molecule has 0 saturated carbocycles. The monoisotopic (exact) mass is 381 g/mol. The van der Waals surface area contributed by atoms with E-state index >= 15 is 0 Å². The number of hydrogen-bond acceptors (Lipinski definition) is 3. The van der Waals surface area contributed by atoms with Crippen molar-refractivity contribution in [3.63, 3.8) is 0 Å². The maximum absolute atomic E-state index is 12.2. The van der Waals surface area contributed by atoms with E-state index in [4.69, 9.17) is 10.7 Å². The summed E-state index contributed by atoms with van der Waals surface area (Å²) in [5, 5.41) is 2.84. The number of hydrogen-bond donors (Lipinski definition) is 1. The van der Waals surface area contributed by atoms with E-state index in [9.17, 15) is 13.2 Å². The molecule has 1 aromatic rings. The molecule has 0 aliphatic rings. The second-order valence-electron chi connectivity index (χ2n) is 5.02. The van der Waals surface area contributed by atoms with Crippen LogP contribution in [0.15, 0.2) is 21.5 Å². The highest BCUT2D eigenvalue weighted by atomic mass is 79.9. The van der Waals surface area contributed by atoms with E-state index in [0.29, 0.717) is 15.6 Å². The van der Waals surface area contributed by atoms with Crippen molar-refractivity contribution in [1.29, 1.82) is 0 Å². The highest BCUT2D eigenvalue weighted by molar-refractivity contribution is 9.10. The molecule has 0 spiro atoms. The predicted octanol–water partition coefficient (Wildman–Crippen LogP) is 3.46. The summed E-state index contributed by atoms with van der Waals surface area (Å²) in [6, 6.07) is 2.96. The van der Waals surface area contributed by atoms with Crippen molar-refractivity contribution in [3.05, 3.63) is 27.7 Å². The van der Waals surface area contributed by atoms with Gasteiger partial charge in [0.1, 0.15) is 0 Å². The lowest BCUT2D eigenvalue weighted by atomic mass is 10.0. The standard InChI is InChI=1S/C13H17BrClNO3S/c1-7(2)9(4)16-13(17)11-5-10(14)6-12(8(11)3)20(15,18)19/h5-7,9H,1-4H3,(H,16,17). The molecule has 1 aromatic carbocycles. The lowest BCUT2D eigenvalue weighted by Gasteiger charge is -2.19. The smallest absolute Gasteiger partial charge is 0.261 e. The van der Waals surface area contributed by atoms with Crippen LogP contribution in [0.4, 0.5) is 0 Å². The second-order valence-corrected chi connectivity index (χ2v) is 8.47. The molecule has 1 amide bonds. The molecule has 0 heterocycles. The summed E-state index contributed by atoms with van der Waals surface area (Å²) < 4.78 is 23.5. The van der Waals surface area contributed by atoms with Crippen LogP contribution >= 0.6 is 26.6 Å². The average molecular weight is 383 g/mol. The first-order chi connectivity index (χ1) is 9.04. The summed E-state index contributed by atoms with van der Waals surface area (Å²) in [6.45, 7) is 7.45. The quantitative estimate of drug-likeness (QED) is 0.811. The number of amides is 1. The van der Waals surface area contributed by atoms with Gasteiger partial charge < -0.3 is 5.32 Å². The van der Waals surface area contributed by atoms with Crippen LogP contribution in [0.1, 0.15) is 36.7 Å². The Bertz CT molecular complexity index is 629. The molecule has 1 unspecified atom stereocenters. The molecule has 0 fully saturated rings. The van der Waals surface area contributed by atoms with Gasteiger partial charge in [-0.25, -0.2) is 8.42 Å². The van der Waals surface area contributed by atoms with Gasteiger partial charge in [0.2, 0.25) is 0 Å². The van der Waals surface area contributed by atoms with Crippen LogP contribution in [-0.4, -0.2) is 20.4 Å². The fourth-order valence-electron chi connectivity index (χ4n) is 1.59. The highest BCUT2D eigenvalue weighted by Crippen LogP contribution is 2.27. The Morgan fingerprint density at radius 1 is 1.30 bits per heavy atom. The van der Waals surface area contributed by atoms with Crippen molar-refractivity contribution in [2.75, 3.05) is 0 Å². The Hall–Kier alpha value is -0.590. The molecular formula is C13H17BrClNO3S. The van der Waals surface area contributed by atoms with Crippen LogP contribution in [0, 0.1) is 12.8 Å². The minimum atomic E-state index is -3.89. The fraction of sp³-hybridized carbons (Fsp3) is 0.462. The molecule has 1 N–H and O–H groups in total. The molecule has 7 heteroatoms. The largest absolute Gasteiger partial charge is 0.349 e. The number of halogens is 2. The van der Waals surface area contributed by atoms with Gasteiger partial charge in [-0.15, -0.1) is 0 Å². The van der Waals surface area contributed by atoms with Crippen molar-refractivity contribution >= 4 is 41.6 Å². The third kappa shape index (κ3) is 4.20. The number of carbonyl (C=O) groups excluding carboxylic acids is 1. The Labute approximate surface area is 132 Å². The van der Waals surface area contributed by atoms with Gasteiger partial charge in [-0.05, 0) is 37.5 Å². The van der Waals surface area contributed by atoms with Crippen molar-refractivity contribution in [2.24, 2.45) is 5.92 Å². The molecule has 1 atom stereocenters. The SMILES string of the molecule is Cc1c(C(=O)NC(C)C(C)C)cc(Br)cc1S(=O)(=O)Cl. The Balaban J connectivity index is 3.26. The molecule has 4 nitrogen and oxygen atoms in total. The van der Waals surface area contributed by atoms with Crippen LogP contribution in [0.2, 0.25) is 0 Å². The van der Waals surface area contributed by atoms with Gasteiger partial charge in [0.25, 0.3) is 15.0 Å². The predicted molar refractivity (Wildman–Crippen MR) is 83.7 cm³/mol. The third-order valence-corrected chi connectivity index (χ3v) is 5.10. The van der Waals surface area contributed by atoms with Gasteiger partial charge in [-0.3, -0.25) is 4.79 Å². The number of carbonyl (C=O) groups is 1. The Kier molecular flexibility index (Phi) is 5.63. The van der Waals surface area contributed by atoms with Gasteiger partial charge in [-0.2, -0.15) is 0 Å². The Morgan fingerprint density at radius 3 is 2.30 bits per heavy atom. The first-order valence-corrected chi connectivity index (χ1v) is 9.20. The maximum atomic E-state index is 12.2. The topological polar surface area (TPSA) is 63.2 Å². The summed E-state index contributed by atoms with van der Waals surface area (Å²) in [6.07, 6.45) is 0. The zero-order chi connectivity index (χ0) is 15.7. The van der Waals surface area contributed by atoms with E-state index in [0.717, 1.165) is 0 Å². The van der Waals surface area contributed by atoms with Crippen LogP contribution in [0.3, 0.4) is 0 Å². The summed E-state index contributed by atoms with van der Waals surface area (Å²) in [7, 11) is 1.49. The summed E-state index contributed by atoms with van der Waals surface area (Å²) >= 11 is 3.20. The first-order valence-electron chi connectivity index (χ1n) is 6.09. The average Bonchev–Trinajstić information content (AvgIpc) is 2.29. The van der Waals surface area contributed by atoms with Gasteiger partial charge in [0, 0.05) is 26.8 Å². The van der Waals surface area contributed by atoms with Gasteiger partial charge in [0.15, 0.2) is 0 Å². The number of rotatable bonds is 4. The zero-order valence-corrected chi connectivity index (χ0v) is 14.9. The van der Waals surface area contributed by atoms with Crippen LogP contribution in [-0.2, 0) is 9.05 Å². The molecule has 0 aromatic heterocycles. The van der Waals surface area contributed by atoms with E-state index in [1.165, 1.54) is 6.07 Å². The summed E-state index contributed by atoms with van der Waals surface area (Å²) in [5.41, 5.74) is 0.641. The number of nitrogens with one attached hydrogen (secondary N) is 1. The van der Waals surface area contributed by atoms with Gasteiger partial charge in [-0.1, -0.05) is 29.8 Å². The maximum Gasteiger partial charge on any atom is 0.261 e. The Morgan fingerprint density at radius 2 is 1.85 bits per heavy atom. The molecular weight excluding hydrogens is 366 g/mol. The molecule has 1 rings (SSSR count). The molecule has 0 aliphatic heterocycles. The van der Waals surface area contributed by atoms with E-state index < -0.39 is 9.05 Å². The first kappa shape index (κ1) is 17.5. The molecule has 0 aliphatic carbocycles. The normalized spacial score (nSPS) is 13.3. The van der Waals surface area contributed by atoms with Crippen LogP contribution < -0.4 is 5.32 Å². The highest BCUT2D eigenvalue weighted by Gasteiger charge is 2.21. The molecule has 20 heavy (non-hydrogen) atoms. The minimum absolute atomic E-state index is 0.0167.